The van der Waals surface area contributed by atoms with E-state index in [2.05, 4.69) is 10.1 Å². The van der Waals surface area contributed by atoms with Crippen LogP contribution < -0.4 is 10.1 Å². The average molecular weight is 300 g/mol. The first-order valence-electron chi connectivity index (χ1n) is 5.66. The molecule has 1 fully saturated rings. The zero-order valence-electron chi connectivity index (χ0n) is 9.97. The van der Waals surface area contributed by atoms with Crippen molar-refractivity contribution in [3.63, 3.8) is 0 Å². The third-order valence-electron chi connectivity index (χ3n) is 2.99. The van der Waals surface area contributed by atoms with E-state index in [9.17, 15) is 17.6 Å². The molecule has 1 saturated heterocycles. The molecule has 0 atom stereocenters. The van der Waals surface area contributed by atoms with Crippen LogP contribution in [0.15, 0.2) is 24.3 Å². The summed E-state index contributed by atoms with van der Waals surface area (Å²) in [5, 5.41) is 2.97. The molecular weight excluding hydrogens is 286 g/mol. The lowest BCUT2D eigenvalue weighted by Crippen LogP contribution is -2.37. The molecule has 0 unspecified atom stereocenters. The van der Waals surface area contributed by atoms with Crippen LogP contribution >= 0.6 is 12.4 Å². The van der Waals surface area contributed by atoms with Crippen molar-refractivity contribution in [3.8, 4) is 5.75 Å². The molecule has 1 N–H and O–H groups in total. The van der Waals surface area contributed by atoms with Crippen LogP contribution in [-0.4, -0.2) is 19.5 Å². The highest BCUT2D eigenvalue weighted by Crippen LogP contribution is 2.41. The van der Waals surface area contributed by atoms with Gasteiger partial charge in [0.25, 0.3) is 0 Å². The summed E-state index contributed by atoms with van der Waals surface area (Å²) in [4.78, 5) is 0. The molecule has 0 bridgehead atoms. The summed E-state index contributed by atoms with van der Waals surface area (Å²) in [6, 6.07) is 5.41. The van der Waals surface area contributed by atoms with Crippen LogP contribution in [-0.2, 0) is 5.67 Å². The Morgan fingerprint density at radius 2 is 1.68 bits per heavy atom. The highest BCUT2D eigenvalue weighted by atomic mass is 35.5. The molecule has 19 heavy (non-hydrogen) atoms. The van der Waals surface area contributed by atoms with E-state index >= 15 is 0 Å². The monoisotopic (exact) mass is 299 g/mol. The number of para-hydroxylation sites is 1. The fraction of sp³-hybridized carbons (Fsp3) is 0.500. The van der Waals surface area contributed by atoms with Gasteiger partial charge in [0.1, 0.15) is 11.4 Å². The number of alkyl halides is 4. The van der Waals surface area contributed by atoms with E-state index in [1.54, 1.807) is 0 Å². The number of ether oxygens (including phenoxy) is 1. The van der Waals surface area contributed by atoms with Crippen molar-refractivity contribution in [1.82, 2.24) is 5.32 Å². The lowest BCUT2D eigenvalue weighted by molar-refractivity contribution is -0.275. The summed E-state index contributed by atoms with van der Waals surface area (Å²) in [6.07, 6.45) is -4.52. The second-order valence-electron chi connectivity index (χ2n) is 4.26. The molecule has 1 aromatic rings. The Balaban J connectivity index is 0.00000180. The number of hydrogen-bond donors (Lipinski definition) is 1. The molecule has 1 heterocycles. The Hall–Kier alpha value is -1.01. The fourth-order valence-corrected chi connectivity index (χ4v) is 2.14. The van der Waals surface area contributed by atoms with Gasteiger partial charge < -0.3 is 10.1 Å². The van der Waals surface area contributed by atoms with E-state index in [1.165, 1.54) is 18.2 Å². The first-order valence-corrected chi connectivity index (χ1v) is 5.66. The van der Waals surface area contributed by atoms with Crippen LogP contribution in [0.3, 0.4) is 0 Å². The quantitative estimate of drug-likeness (QED) is 0.843. The smallest absolute Gasteiger partial charge is 0.405 e. The fourth-order valence-electron chi connectivity index (χ4n) is 2.14. The standard InChI is InChI=1S/C12H13F4NO.ClH/c13-11(5-7-17-8-6-11)9-3-1-2-4-10(9)18-12(14,15)16;/h1-4,17H,5-8H2;1H. The molecule has 0 spiro atoms. The SMILES string of the molecule is Cl.FC(F)(F)Oc1ccccc1C1(F)CCNCC1. The topological polar surface area (TPSA) is 21.3 Å². The summed E-state index contributed by atoms with van der Waals surface area (Å²) in [5.41, 5.74) is -1.78. The number of nitrogens with one attached hydrogen (secondary N) is 1. The minimum atomic E-state index is -4.81. The second-order valence-corrected chi connectivity index (χ2v) is 4.26. The predicted octanol–water partition coefficient (Wildman–Crippen LogP) is 3.56. The molecule has 7 heteroatoms. The van der Waals surface area contributed by atoms with Crippen molar-refractivity contribution in [1.29, 1.82) is 0 Å². The summed E-state index contributed by atoms with van der Waals surface area (Å²) in [6.45, 7) is 0.883. The predicted molar refractivity (Wildman–Crippen MR) is 65.3 cm³/mol. The lowest BCUT2D eigenvalue weighted by Gasteiger charge is -2.31. The molecule has 0 amide bonds. The Morgan fingerprint density at radius 3 is 2.26 bits per heavy atom. The summed E-state index contributed by atoms with van der Waals surface area (Å²) in [7, 11) is 0. The third kappa shape index (κ3) is 3.98. The molecule has 0 aromatic heterocycles. The van der Waals surface area contributed by atoms with Gasteiger partial charge in [-0.3, -0.25) is 0 Å². The van der Waals surface area contributed by atoms with Crippen molar-refractivity contribution in [3.05, 3.63) is 29.8 Å². The molecule has 1 aromatic carbocycles. The van der Waals surface area contributed by atoms with Crippen molar-refractivity contribution in [2.24, 2.45) is 0 Å². The largest absolute Gasteiger partial charge is 0.573 e. The molecule has 108 valence electrons. The van der Waals surface area contributed by atoms with Gasteiger partial charge in [-0.25, -0.2) is 4.39 Å². The molecule has 2 rings (SSSR count). The second kappa shape index (κ2) is 5.96. The summed E-state index contributed by atoms with van der Waals surface area (Å²) >= 11 is 0. The van der Waals surface area contributed by atoms with Crippen LogP contribution in [0, 0.1) is 0 Å². The van der Waals surface area contributed by atoms with Crippen LogP contribution in [0.25, 0.3) is 0 Å². The minimum absolute atomic E-state index is 0. The van der Waals surface area contributed by atoms with Crippen molar-refractivity contribution >= 4 is 12.4 Å². The Kier molecular flexibility index (Phi) is 5.04. The van der Waals surface area contributed by atoms with Gasteiger partial charge in [-0.15, -0.1) is 25.6 Å². The Bertz CT molecular complexity index is 418. The lowest BCUT2D eigenvalue weighted by atomic mass is 9.86. The van der Waals surface area contributed by atoms with Crippen molar-refractivity contribution < 1.29 is 22.3 Å². The minimum Gasteiger partial charge on any atom is -0.405 e. The number of benzene rings is 1. The van der Waals surface area contributed by atoms with Gasteiger partial charge in [0.2, 0.25) is 0 Å². The van der Waals surface area contributed by atoms with Gasteiger partial charge >= 0.3 is 6.36 Å². The van der Waals surface area contributed by atoms with Gasteiger partial charge in [-0.05, 0) is 32.0 Å². The van der Waals surface area contributed by atoms with Crippen LogP contribution in [0.1, 0.15) is 18.4 Å². The molecule has 1 aliphatic heterocycles. The van der Waals surface area contributed by atoms with E-state index in [4.69, 9.17) is 0 Å². The highest BCUT2D eigenvalue weighted by Gasteiger charge is 2.39. The normalized spacial score (nSPS) is 18.5. The number of halogens is 5. The summed E-state index contributed by atoms with van der Waals surface area (Å²) < 4.78 is 55.3. The van der Waals surface area contributed by atoms with Gasteiger partial charge in [-0.1, -0.05) is 18.2 Å². The Labute approximate surface area is 114 Å². The zero-order chi connectivity index (χ0) is 13.2. The molecule has 0 aliphatic carbocycles. The van der Waals surface area contributed by atoms with Gasteiger partial charge in [-0.2, -0.15) is 0 Å². The van der Waals surface area contributed by atoms with Crippen molar-refractivity contribution in [2.75, 3.05) is 13.1 Å². The average Bonchev–Trinajstić information content (AvgIpc) is 2.28. The first kappa shape index (κ1) is 16.0. The summed E-state index contributed by atoms with van der Waals surface area (Å²) in [5.74, 6) is -0.450. The van der Waals surface area contributed by atoms with Crippen LogP contribution in [0.5, 0.6) is 5.75 Å². The van der Waals surface area contributed by atoms with E-state index in [-0.39, 0.29) is 30.8 Å². The Morgan fingerprint density at radius 1 is 1.11 bits per heavy atom. The molecule has 0 radical (unpaired) electrons. The molecule has 1 aliphatic rings. The highest BCUT2D eigenvalue weighted by molar-refractivity contribution is 5.85. The van der Waals surface area contributed by atoms with Gasteiger partial charge in [0.15, 0.2) is 0 Å². The van der Waals surface area contributed by atoms with E-state index in [0.717, 1.165) is 6.07 Å². The zero-order valence-corrected chi connectivity index (χ0v) is 10.8. The number of piperidine rings is 1. The maximum Gasteiger partial charge on any atom is 0.573 e. The van der Waals surface area contributed by atoms with E-state index in [1.807, 2.05) is 0 Å². The van der Waals surface area contributed by atoms with Gasteiger partial charge in [0, 0.05) is 5.56 Å². The maximum absolute atomic E-state index is 14.7. The molecule has 0 saturated carbocycles. The number of hydrogen-bond acceptors (Lipinski definition) is 2. The molecular formula is C12H14ClF4NO. The molecule has 2 nitrogen and oxygen atoms in total. The van der Waals surface area contributed by atoms with Crippen LogP contribution in [0.4, 0.5) is 17.6 Å². The van der Waals surface area contributed by atoms with Crippen LogP contribution in [0.2, 0.25) is 0 Å². The van der Waals surface area contributed by atoms with Crippen molar-refractivity contribution in [2.45, 2.75) is 24.9 Å². The van der Waals surface area contributed by atoms with E-state index in [0.29, 0.717) is 13.1 Å². The third-order valence-corrected chi connectivity index (χ3v) is 2.99. The maximum atomic E-state index is 14.7. The van der Waals surface area contributed by atoms with E-state index < -0.39 is 17.8 Å². The van der Waals surface area contributed by atoms with Gasteiger partial charge in [0.05, 0.1) is 0 Å². The first-order chi connectivity index (χ1) is 8.41. The number of rotatable bonds is 2.